The molecule has 1 aromatic heterocycles. The van der Waals surface area contributed by atoms with Crippen molar-refractivity contribution in [3.05, 3.63) is 46.1 Å². The van der Waals surface area contributed by atoms with Crippen molar-refractivity contribution >= 4 is 28.9 Å². The number of rotatable bonds is 3. The number of methoxy groups -OCH3 is 1. The Balaban J connectivity index is 2.37. The normalized spacial score (nSPS) is 10.3. The van der Waals surface area contributed by atoms with Crippen LogP contribution in [0.3, 0.4) is 0 Å². The number of carbonyl (C=O) groups excluding carboxylic acids is 1. The molecule has 0 amide bonds. The second-order valence-corrected chi connectivity index (χ2v) is 4.65. The van der Waals surface area contributed by atoms with Gasteiger partial charge >= 0.3 is 0 Å². The monoisotopic (exact) mass is 267 g/mol. The van der Waals surface area contributed by atoms with Crippen LogP contribution >= 0.6 is 23.1 Å². The molecule has 0 aliphatic carbocycles. The van der Waals surface area contributed by atoms with Crippen LogP contribution < -0.4 is 4.74 Å². The number of nitrogens with zero attached hydrogens (tertiary/aromatic N) is 1. The van der Waals surface area contributed by atoms with Gasteiger partial charge in [0.25, 0.3) is 0 Å². The third-order valence-corrected chi connectivity index (χ3v) is 3.59. The van der Waals surface area contributed by atoms with Gasteiger partial charge in [0.1, 0.15) is 10.7 Å². The Morgan fingerprint density at radius 2 is 2.00 bits per heavy atom. The maximum atomic E-state index is 12.1. The van der Waals surface area contributed by atoms with Gasteiger partial charge in [-0.25, -0.2) is 0 Å². The van der Waals surface area contributed by atoms with Crippen LogP contribution in [0.1, 0.15) is 21.6 Å². The number of carbonyl (C=O) groups is 1. The quantitative estimate of drug-likeness (QED) is 0.801. The van der Waals surface area contributed by atoms with Gasteiger partial charge in [0.15, 0.2) is 0 Å². The minimum atomic E-state index is -0.186. The van der Waals surface area contributed by atoms with E-state index in [9.17, 15) is 4.79 Å². The van der Waals surface area contributed by atoms with Crippen molar-refractivity contribution in [1.29, 1.82) is 0 Å². The molecule has 5 heteroatoms. The summed E-state index contributed by atoms with van der Waals surface area (Å²) in [6.45, 7) is 1.97. The molecule has 0 radical (unpaired) electrons. The molecular weight excluding hydrogens is 258 g/mol. The molecule has 0 aliphatic heterocycles. The van der Waals surface area contributed by atoms with Crippen LogP contribution in [0.15, 0.2) is 24.3 Å². The molecule has 0 atom stereocenters. The minimum Gasteiger partial charge on any atom is -0.485 e. The zero-order chi connectivity index (χ0) is 12.4. The van der Waals surface area contributed by atoms with Crippen molar-refractivity contribution in [1.82, 2.24) is 4.37 Å². The molecule has 1 aromatic carbocycles. The Hall–Kier alpha value is -1.39. The van der Waals surface area contributed by atoms with Crippen LogP contribution in [-0.4, -0.2) is 17.3 Å². The summed E-state index contributed by atoms with van der Waals surface area (Å²) in [6.07, 6.45) is 0. The Morgan fingerprint density at radius 1 is 1.35 bits per heavy atom. The van der Waals surface area contributed by atoms with Crippen LogP contribution in [0.5, 0.6) is 5.06 Å². The molecule has 0 N–H and O–H groups in total. The lowest BCUT2D eigenvalue weighted by atomic mass is 10.1. The predicted octanol–water partition coefficient (Wildman–Crippen LogP) is 3.34. The van der Waals surface area contributed by atoms with Crippen LogP contribution in [0.2, 0.25) is 5.02 Å². The van der Waals surface area contributed by atoms with Crippen LogP contribution in [0, 0.1) is 6.92 Å². The number of aryl methyl sites for hydroxylation is 1. The zero-order valence-corrected chi connectivity index (χ0v) is 10.9. The highest BCUT2D eigenvalue weighted by Gasteiger charge is 2.20. The summed E-state index contributed by atoms with van der Waals surface area (Å²) in [4.78, 5) is 12.1. The number of ketones is 1. The molecule has 3 nitrogen and oxygen atoms in total. The van der Waals surface area contributed by atoms with Crippen LogP contribution in [-0.2, 0) is 0 Å². The van der Waals surface area contributed by atoms with Gasteiger partial charge in [-0.05, 0) is 6.92 Å². The fraction of sp³-hybridized carbons (Fsp3) is 0.167. The van der Waals surface area contributed by atoms with Gasteiger partial charge in [-0.2, -0.15) is 4.37 Å². The van der Waals surface area contributed by atoms with Gasteiger partial charge in [-0.3, -0.25) is 4.79 Å². The second-order valence-electron chi connectivity index (χ2n) is 3.53. The largest absolute Gasteiger partial charge is 0.485 e. The van der Waals surface area contributed by atoms with Crippen molar-refractivity contribution in [2.45, 2.75) is 6.92 Å². The molecule has 0 saturated carbocycles. The lowest BCUT2D eigenvalue weighted by molar-refractivity contribution is 0.103. The average molecular weight is 268 g/mol. The molecule has 2 aromatic rings. The molecule has 1 heterocycles. The van der Waals surface area contributed by atoms with Crippen molar-refractivity contribution < 1.29 is 9.53 Å². The van der Waals surface area contributed by atoms with Crippen LogP contribution in [0.25, 0.3) is 0 Å². The summed E-state index contributed by atoms with van der Waals surface area (Å²) < 4.78 is 9.02. The standard InChI is InChI=1S/C12H10ClNO2S/c1-7-3-5-8(6-4-7)11(15)10-9(13)12(16-2)17-14-10/h3-6H,1-2H3. The summed E-state index contributed by atoms with van der Waals surface area (Å²) in [5, 5.41) is 0.741. The van der Waals surface area contributed by atoms with E-state index < -0.39 is 0 Å². The van der Waals surface area contributed by atoms with Crippen LogP contribution in [0.4, 0.5) is 0 Å². The first-order valence-electron chi connectivity index (χ1n) is 4.94. The molecule has 17 heavy (non-hydrogen) atoms. The Labute approximate surface area is 108 Å². The summed E-state index contributed by atoms with van der Waals surface area (Å²) in [7, 11) is 1.50. The van der Waals surface area contributed by atoms with E-state index in [4.69, 9.17) is 16.3 Å². The predicted molar refractivity (Wildman–Crippen MR) is 68.3 cm³/mol. The molecule has 0 fully saturated rings. The summed E-state index contributed by atoms with van der Waals surface area (Å²) in [5.41, 5.74) is 1.92. The van der Waals surface area contributed by atoms with E-state index in [0.717, 1.165) is 17.1 Å². The fourth-order valence-electron chi connectivity index (χ4n) is 1.37. The summed E-state index contributed by atoms with van der Waals surface area (Å²) in [6, 6.07) is 7.29. The maximum absolute atomic E-state index is 12.1. The van der Waals surface area contributed by atoms with Gasteiger partial charge in [0.2, 0.25) is 10.8 Å². The van der Waals surface area contributed by atoms with E-state index in [2.05, 4.69) is 4.37 Å². The SMILES string of the molecule is COc1snc(C(=O)c2ccc(C)cc2)c1Cl. The topological polar surface area (TPSA) is 39.2 Å². The van der Waals surface area contributed by atoms with E-state index in [1.54, 1.807) is 12.1 Å². The van der Waals surface area contributed by atoms with Gasteiger partial charge in [-0.15, -0.1) is 0 Å². The smallest absolute Gasteiger partial charge is 0.214 e. The first-order chi connectivity index (χ1) is 8.13. The second kappa shape index (κ2) is 4.85. The Kier molecular flexibility index (Phi) is 3.45. The van der Waals surface area contributed by atoms with E-state index >= 15 is 0 Å². The highest BCUT2D eigenvalue weighted by atomic mass is 35.5. The van der Waals surface area contributed by atoms with Gasteiger partial charge in [0.05, 0.1) is 7.11 Å². The molecule has 0 bridgehead atoms. The number of aromatic nitrogens is 1. The molecular formula is C12H10ClNO2S. The number of halogens is 1. The number of hydrogen-bond donors (Lipinski definition) is 0. The van der Waals surface area contributed by atoms with Gasteiger partial charge < -0.3 is 4.74 Å². The third-order valence-electron chi connectivity index (χ3n) is 2.32. The molecule has 0 unspecified atom stereocenters. The third kappa shape index (κ3) is 2.33. The molecule has 2 rings (SSSR count). The lowest BCUT2D eigenvalue weighted by Gasteiger charge is -1.99. The highest BCUT2D eigenvalue weighted by Crippen LogP contribution is 2.33. The molecule has 0 spiro atoms. The van der Waals surface area contributed by atoms with Gasteiger partial charge in [0, 0.05) is 17.1 Å². The van der Waals surface area contributed by atoms with Crippen molar-refractivity contribution in [3.8, 4) is 5.06 Å². The number of benzene rings is 1. The zero-order valence-electron chi connectivity index (χ0n) is 9.36. The molecule has 0 saturated heterocycles. The van der Waals surface area contributed by atoms with E-state index in [0.29, 0.717) is 10.6 Å². The van der Waals surface area contributed by atoms with Crippen molar-refractivity contribution in [2.24, 2.45) is 0 Å². The first-order valence-corrected chi connectivity index (χ1v) is 6.09. The summed E-state index contributed by atoms with van der Waals surface area (Å²) >= 11 is 7.08. The average Bonchev–Trinajstić information content (AvgIpc) is 2.70. The first kappa shape index (κ1) is 12.1. The Morgan fingerprint density at radius 3 is 2.53 bits per heavy atom. The highest BCUT2D eigenvalue weighted by molar-refractivity contribution is 7.08. The van der Waals surface area contributed by atoms with Crippen molar-refractivity contribution in [2.75, 3.05) is 7.11 Å². The Bertz CT molecular complexity index is 548. The van der Waals surface area contributed by atoms with Gasteiger partial charge in [-0.1, -0.05) is 41.4 Å². The molecule has 0 aliphatic rings. The van der Waals surface area contributed by atoms with Crippen molar-refractivity contribution in [3.63, 3.8) is 0 Å². The number of hydrogen-bond acceptors (Lipinski definition) is 4. The minimum absolute atomic E-state index is 0.186. The molecule has 88 valence electrons. The maximum Gasteiger partial charge on any atom is 0.214 e. The number of ether oxygens (including phenoxy) is 1. The van der Waals surface area contributed by atoms with E-state index in [1.807, 2.05) is 19.1 Å². The lowest BCUT2D eigenvalue weighted by Crippen LogP contribution is -2.02. The van der Waals surface area contributed by atoms with E-state index in [1.165, 1.54) is 7.11 Å². The summed E-state index contributed by atoms with van der Waals surface area (Å²) in [5.74, 6) is -0.186. The van der Waals surface area contributed by atoms with E-state index in [-0.39, 0.29) is 16.5 Å². The fourth-order valence-corrected chi connectivity index (χ4v) is 2.33.